The van der Waals surface area contributed by atoms with Crippen molar-refractivity contribution in [2.75, 3.05) is 47.6 Å². The SMILES string of the molecule is CCC1(OC)C[C@]2(CC)c3c(ccc(OCCOc4ccc5c6c4O[C@H]4C(CC)(OC)[C@@H]([C@@H](C)C(C)(C)C)CC([C@H](NCC7CC7)C5)[C@@]64CC)c3OC)C[C@@H](NCC3CC3)C2C[C@@H]1[C@@H](C)C(C)(C)C. The Labute approximate surface area is 419 Å². The highest BCUT2D eigenvalue weighted by Crippen LogP contribution is 2.68. The van der Waals surface area contributed by atoms with Gasteiger partial charge in [-0.2, -0.15) is 0 Å². The molecule has 6 aliphatic carbocycles. The summed E-state index contributed by atoms with van der Waals surface area (Å²) in [6.07, 6.45) is 14.5. The predicted molar refractivity (Wildman–Crippen MR) is 280 cm³/mol. The van der Waals surface area contributed by atoms with Crippen molar-refractivity contribution in [3.63, 3.8) is 0 Å². The number of nitrogens with one attached hydrogen (secondary N) is 2. The minimum atomic E-state index is -0.427. The maximum absolute atomic E-state index is 7.56. The quantitative estimate of drug-likeness (QED) is 0.127. The molecule has 4 saturated carbocycles. The number of hydrogen-bond acceptors (Lipinski definition) is 8. The molecule has 0 saturated heterocycles. The zero-order valence-corrected chi connectivity index (χ0v) is 46.1. The van der Waals surface area contributed by atoms with Gasteiger partial charge in [0.05, 0.1) is 12.7 Å². The summed E-state index contributed by atoms with van der Waals surface area (Å²) in [7, 11) is 5.80. The molecule has 0 spiro atoms. The van der Waals surface area contributed by atoms with Crippen molar-refractivity contribution in [3.05, 3.63) is 46.5 Å². The van der Waals surface area contributed by atoms with Crippen LogP contribution in [-0.2, 0) is 33.1 Å². The van der Waals surface area contributed by atoms with Crippen LogP contribution < -0.4 is 29.6 Å². The predicted octanol–water partition coefficient (Wildman–Crippen LogP) is 12.7. The van der Waals surface area contributed by atoms with Crippen LogP contribution in [0.25, 0.3) is 0 Å². The van der Waals surface area contributed by atoms with Gasteiger partial charge in [0.25, 0.3) is 0 Å². The smallest absolute Gasteiger partial charge is 0.165 e. The molecule has 2 aromatic rings. The lowest BCUT2D eigenvalue weighted by Gasteiger charge is -2.62. The highest BCUT2D eigenvalue weighted by Gasteiger charge is 2.71. The van der Waals surface area contributed by atoms with E-state index >= 15 is 0 Å². The van der Waals surface area contributed by atoms with Crippen LogP contribution in [0.15, 0.2) is 24.3 Å². The van der Waals surface area contributed by atoms with E-state index in [4.69, 9.17) is 28.4 Å². The molecule has 0 aromatic heterocycles. The maximum atomic E-state index is 7.56. The van der Waals surface area contributed by atoms with E-state index in [2.05, 4.69) is 118 Å². The Kier molecular flexibility index (Phi) is 14.2. The number of fused-ring (bicyclic) bond motifs is 3. The van der Waals surface area contributed by atoms with Crippen LogP contribution in [0.2, 0.25) is 0 Å². The second kappa shape index (κ2) is 19.1. The molecule has 2 N–H and O–H groups in total. The second-order valence-corrected chi connectivity index (χ2v) is 26.0. The molecule has 1 aliphatic heterocycles. The van der Waals surface area contributed by atoms with Gasteiger partial charge in [-0.05, 0) is 178 Å². The lowest BCUT2D eigenvalue weighted by molar-refractivity contribution is -0.208. The van der Waals surface area contributed by atoms with Crippen molar-refractivity contribution in [1.29, 1.82) is 0 Å². The largest absolute Gasteiger partial charge is 0.493 e. The topological polar surface area (TPSA) is 79.4 Å². The number of methoxy groups -OCH3 is 3. The first-order chi connectivity index (χ1) is 32.9. The molecule has 4 fully saturated rings. The normalized spacial score (nSPS) is 35.6. The van der Waals surface area contributed by atoms with Gasteiger partial charge >= 0.3 is 0 Å². The van der Waals surface area contributed by atoms with Crippen molar-refractivity contribution >= 4 is 0 Å². The Balaban J connectivity index is 1.02. The van der Waals surface area contributed by atoms with Crippen LogP contribution >= 0.6 is 0 Å². The highest BCUT2D eigenvalue weighted by molar-refractivity contribution is 5.62. The Bertz CT molecular complexity index is 2120. The summed E-state index contributed by atoms with van der Waals surface area (Å²) >= 11 is 0. The minimum absolute atomic E-state index is 0.104. The second-order valence-electron chi connectivity index (χ2n) is 26.0. The van der Waals surface area contributed by atoms with E-state index in [1.165, 1.54) is 47.9 Å². The van der Waals surface area contributed by atoms with Crippen LogP contribution in [0.4, 0.5) is 0 Å². The van der Waals surface area contributed by atoms with Gasteiger partial charge in [0.2, 0.25) is 0 Å². The third-order valence-corrected chi connectivity index (χ3v) is 21.3. The molecule has 13 atom stereocenters. The zero-order chi connectivity index (χ0) is 49.5. The average Bonchev–Trinajstić information content (AvgIpc) is 4.29. The molecule has 7 aliphatic rings. The fraction of sp³-hybridized carbons (Fsp3) is 0.803. The zero-order valence-electron chi connectivity index (χ0n) is 46.1. The average molecular weight is 953 g/mol. The fourth-order valence-electron chi connectivity index (χ4n) is 16.2. The van der Waals surface area contributed by atoms with Crippen molar-refractivity contribution in [2.45, 2.75) is 207 Å². The third-order valence-electron chi connectivity index (χ3n) is 21.3. The first kappa shape index (κ1) is 51.4. The van der Waals surface area contributed by atoms with E-state index in [1.807, 2.05) is 21.3 Å². The summed E-state index contributed by atoms with van der Waals surface area (Å²) in [6, 6.07) is 9.89. The van der Waals surface area contributed by atoms with E-state index in [1.54, 1.807) is 0 Å². The fourth-order valence-corrected chi connectivity index (χ4v) is 16.2. The van der Waals surface area contributed by atoms with E-state index in [0.717, 1.165) is 106 Å². The molecule has 386 valence electrons. The van der Waals surface area contributed by atoms with Crippen LogP contribution in [-0.4, -0.2) is 77.0 Å². The first-order valence-electron chi connectivity index (χ1n) is 28.2. The molecular weight excluding hydrogens is 857 g/mol. The number of hydrogen-bond donors (Lipinski definition) is 2. The summed E-state index contributed by atoms with van der Waals surface area (Å²) in [5.41, 5.74) is 4.91. The van der Waals surface area contributed by atoms with Crippen LogP contribution in [0, 0.1) is 58.2 Å². The molecule has 0 amide bonds. The standard InChI is InChI=1S/C61H96N2O6/c1-16-58-36-59(17-2,65-14)43(37(5)56(7,8)9)32-45(58)47(62-34-39-20-21-39)30-41-24-26-49(53(64-13)51(41)58)67-28-29-68-50-27-25-42-31-48(63-35-40-22-23-40)46-33-44(38(6)57(10,11)12)61(19-4,66-15)55-60(46,18-3)52(42)54(50)69-55/h24-27,37-40,43-48,55,62-63H,16-23,28-36H2,1-15H3/t37-,38-,43-,44-,45?,46?,47-,48-,55-,58+,59?,60+,61?/m1/s1. The van der Waals surface area contributed by atoms with Gasteiger partial charge < -0.3 is 39.1 Å². The number of rotatable bonds is 20. The van der Waals surface area contributed by atoms with Gasteiger partial charge in [0.15, 0.2) is 23.0 Å². The summed E-state index contributed by atoms with van der Waals surface area (Å²) in [4.78, 5) is 0. The molecule has 8 nitrogen and oxygen atoms in total. The van der Waals surface area contributed by atoms with E-state index in [9.17, 15) is 0 Å². The minimum Gasteiger partial charge on any atom is -0.493 e. The van der Waals surface area contributed by atoms with Gasteiger partial charge in [-0.15, -0.1) is 0 Å². The van der Waals surface area contributed by atoms with Gasteiger partial charge in [-0.25, -0.2) is 0 Å². The molecule has 0 bridgehead atoms. The Morgan fingerprint density at radius 2 is 1.20 bits per heavy atom. The lowest BCUT2D eigenvalue weighted by atomic mass is 9.46. The highest BCUT2D eigenvalue weighted by atomic mass is 16.6. The molecular formula is C61H96N2O6. The first-order valence-corrected chi connectivity index (χ1v) is 28.2. The summed E-state index contributed by atoms with van der Waals surface area (Å²) in [5.74, 6) is 7.80. The summed E-state index contributed by atoms with van der Waals surface area (Å²) < 4.78 is 41.7. The van der Waals surface area contributed by atoms with Gasteiger partial charge in [0, 0.05) is 48.3 Å². The van der Waals surface area contributed by atoms with Gasteiger partial charge in [-0.1, -0.05) is 95.2 Å². The molecule has 9 rings (SSSR count). The molecule has 2 aromatic carbocycles. The lowest BCUT2D eigenvalue weighted by Crippen LogP contribution is -2.71. The molecule has 8 heteroatoms. The van der Waals surface area contributed by atoms with Crippen LogP contribution in [0.3, 0.4) is 0 Å². The maximum Gasteiger partial charge on any atom is 0.165 e. The van der Waals surface area contributed by atoms with Gasteiger partial charge in [0.1, 0.15) is 24.9 Å². The van der Waals surface area contributed by atoms with Gasteiger partial charge in [-0.3, -0.25) is 0 Å². The molecule has 0 radical (unpaired) electrons. The van der Waals surface area contributed by atoms with E-state index in [-0.39, 0.29) is 33.4 Å². The summed E-state index contributed by atoms with van der Waals surface area (Å²) in [5, 5.41) is 8.37. The van der Waals surface area contributed by atoms with Crippen molar-refractivity contribution in [1.82, 2.24) is 10.6 Å². The van der Waals surface area contributed by atoms with Crippen molar-refractivity contribution < 1.29 is 28.4 Å². The van der Waals surface area contributed by atoms with E-state index < -0.39 is 5.60 Å². The molecule has 1 heterocycles. The summed E-state index contributed by atoms with van der Waals surface area (Å²) in [6.45, 7) is 32.0. The van der Waals surface area contributed by atoms with Crippen molar-refractivity contribution in [3.8, 4) is 23.0 Å². The monoisotopic (exact) mass is 953 g/mol. The Hall–Kier alpha value is -2.52. The van der Waals surface area contributed by atoms with Crippen molar-refractivity contribution in [2.24, 2.45) is 58.2 Å². The molecule has 69 heavy (non-hydrogen) atoms. The number of ether oxygens (including phenoxy) is 6. The van der Waals surface area contributed by atoms with Crippen LogP contribution in [0.5, 0.6) is 23.0 Å². The number of benzene rings is 2. The van der Waals surface area contributed by atoms with Crippen LogP contribution in [0.1, 0.15) is 176 Å². The Morgan fingerprint density at radius 3 is 1.71 bits per heavy atom. The third kappa shape index (κ3) is 8.47. The molecule has 4 unspecified atom stereocenters. The van der Waals surface area contributed by atoms with E-state index in [0.29, 0.717) is 60.8 Å². The Morgan fingerprint density at radius 1 is 0.652 bits per heavy atom.